The summed E-state index contributed by atoms with van der Waals surface area (Å²) in [6.45, 7) is 7.81. The van der Waals surface area contributed by atoms with Gasteiger partial charge in [0.2, 0.25) is 0 Å². The highest BCUT2D eigenvalue weighted by molar-refractivity contribution is 5.15. The second-order valence-corrected chi connectivity index (χ2v) is 7.41. The van der Waals surface area contributed by atoms with Gasteiger partial charge >= 0.3 is 0 Å². The molecule has 4 fully saturated rings. The average molecular weight is 239 g/mol. The number of hydrogen-bond acceptors (Lipinski definition) is 3. The van der Waals surface area contributed by atoms with E-state index in [0.717, 1.165) is 45.3 Å². The number of fused-ring (bicyclic) bond motifs is 3. The molecule has 17 heavy (non-hydrogen) atoms. The normalized spacial score (nSPS) is 46.6. The first-order valence-electron chi connectivity index (χ1n) is 6.97. The Kier molecular flexibility index (Phi) is 2.43. The van der Waals surface area contributed by atoms with Crippen LogP contribution < -0.4 is 0 Å². The number of nitrogens with zero attached hydrogens (tertiary/aromatic N) is 1. The van der Waals surface area contributed by atoms with Crippen LogP contribution in [-0.2, 0) is 0 Å². The maximum absolute atomic E-state index is 11.0. The molecule has 98 valence electrons. The molecule has 2 N–H and O–H groups in total. The SMILES string of the molecule is CC1(C)CC(O)(C2(CO)CN3CCC2CC3)C1. The number of hydrogen-bond donors (Lipinski definition) is 2. The highest BCUT2D eigenvalue weighted by Gasteiger charge is 2.64. The highest BCUT2D eigenvalue weighted by Crippen LogP contribution is 2.61. The molecule has 0 spiro atoms. The molecule has 2 bridgehead atoms. The van der Waals surface area contributed by atoms with Gasteiger partial charge in [-0.3, -0.25) is 0 Å². The van der Waals surface area contributed by atoms with Crippen LogP contribution in [0.1, 0.15) is 39.5 Å². The zero-order valence-electron chi connectivity index (χ0n) is 11.1. The van der Waals surface area contributed by atoms with Gasteiger partial charge in [0.05, 0.1) is 12.2 Å². The summed E-state index contributed by atoms with van der Waals surface area (Å²) in [6, 6.07) is 0. The van der Waals surface area contributed by atoms with Gasteiger partial charge in [-0.1, -0.05) is 13.8 Å². The van der Waals surface area contributed by atoms with Crippen molar-refractivity contribution in [3.8, 4) is 0 Å². The molecule has 0 aromatic heterocycles. The van der Waals surface area contributed by atoms with Crippen molar-refractivity contribution in [2.45, 2.75) is 45.1 Å². The van der Waals surface area contributed by atoms with Gasteiger partial charge in [0.25, 0.3) is 0 Å². The summed E-state index contributed by atoms with van der Waals surface area (Å²) in [7, 11) is 0. The second kappa shape index (κ2) is 3.46. The third-order valence-corrected chi connectivity index (χ3v) is 5.63. The van der Waals surface area contributed by atoms with Crippen LogP contribution in [0.4, 0.5) is 0 Å². The van der Waals surface area contributed by atoms with Gasteiger partial charge in [-0.25, -0.2) is 0 Å². The average Bonchev–Trinajstić information content (AvgIpc) is 2.27. The maximum atomic E-state index is 11.0. The zero-order chi connectivity index (χ0) is 12.3. The van der Waals surface area contributed by atoms with Crippen molar-refractivity contribution in [1.29, 1.82) is 0 Å². The van der Waals surface area contributed by atoms with Crippen molar-refractivity contribution in [2.75, 3.05) is 26.2 Å². The van der Waals surface area contributed by atoms with Crippen molar-refractivity contribution < 1.29 is 10.2 Å². The molecule has 1 atom stereocenters. The first kappa shape index (κ1) is 11.9. The van der Waals surface area contributed by atoms with Crippen molar-refractivity contribution in [3.05, 3.63) is 0 Å². The van der Waals surface area contributed by atoms with E-state index in [1.807, 2.05) is 0 Å². The first-order valence-corrected chi connectivity index (χ1v) is 6.97. The molecule has 1 saturated carbocycles. The van der Waals surface area contributed by atoms with Crippen LogP contribution in [0.15, 0.2) is 0 Å². The molecule has 4 aliphatic rings. The van der Waals surface area contributed by atoms with Crippen LogP contribution in [0.2, 0.25) is 0 Å². The van der Waals surface area contributed by atoms with Crippen molar-refractivity contribution in [1.82, 2.24) is 4.90 Å². The lowest BCUT2D eigenvalue weighted by Gasteiger charge is -2.65. The van der Waals surface area contributed by atoms with E-state index in [1.54, 1.807) is 0 Å². The predicted octanol–water partition coefficient (Wildman–Crippen LogP) is 1.24. The topological polar surface area (TPSA) is 43.7 Å². The maximum Gasteiger partial charge on any atom is 0.0750 e. The minimum Gasteiger partial charge on any atom is -0.396 e. The van der Waals surface area contributed by atoms with E-state index < -0.39 is 5.60 Å². The van der Waals surface area contributed by atoms with Gasteiger partial charge in [0.1, 0.15) is 0 Å². The van der Waals surface area contributed by atoms with Crippen molar-refractivity contribution in [2.24, 2.45) is 16.7 Å². The third kappa shape index (κ3) is 1.52. The van der Waals surface area contributed by atoms with Crippen LogP contribution in [0, 0.1) is 16.7 Å². The molecule has 3 heteroatoms. The summed E-state index contributed by atoms with van der Waals surface area (Å²) in [4.78, 5) is 2.43. The van der Waals surface area contributed by atoms with Crippen molar-refractivity contribution >= 4 is 0 Å². The Bertz CT molecular complexity index is 312. The Morgan fingerprint density at radius 2 is 1.76 bits per heavy atom. The smallest absolute Gasteiger partial charge is 0.0750 e. The fraction of sp³-hybridized carbons (Fsp3) is 1.00. The molecule has 0 aromatic rings. The van der Waals surface area contributed by atoms with Gasteiger partial charge in [-0.2, -0.15) is 0 Å². The van der Waals surface area contributed by atoms with Gasteiger partial charge in [-0.05, 0) is 50.1 Å². The van der Waals surface area contributed by atoms with E-state index in [9.17, 15) is 10.2 Å². The standard InChI is InChI=1S/C14H25NO2/c1-12(2)7-14(17,8-12)13(10-16)9-15-5-3-11(13)4-6-15/h11,16-17H,3-10H2,1-2H3. The molecule has 4 rings (SSSR count). The molecule has 3 saturated heterocycles. The molecule has 0 amide bonds. The summed E-state index contributed by atoms with van der Waals surface area (Å²) in [5, 5.41) is 20.9. The number of rotatable bonds is 2. The van der Waals surface area contributed by atoms with Crippen LogP contribution in [0.25, 0.3) is 0 Å². The van der Waals surface area contributed by atoms with Gasteiger partial charge < -0.3 is 15.1 Å². The van der Waals surface area contributed by atoms with Crippen LogP contribution in [0.5, 0.6) is 0 Å². The van der Waals surface area contributed by atoms with E-state index in [0.29, 0.717) is 5.92 Å². The lowest BCUT2D eigenvalue weighted by atomic mass is 9.46. The predicted molar refractivity (Wildman–Crippen MR) is 66.6 cm³/mol. The number of piperidine rings is 3. The molecule has 3 nitrogen and oxygen atoms in total. The molecule has 0 aromatic carbocycles. The van der Waals surface area contributed by atoms with Gasteiger partial charge in [0.15, 0.2) is 0 Å². The molecule has 1 aliphatic carbocycles. The Labute approximate surface area is 104 Å². The van der Waals surface area contributed by atoms with Crippen LogP contribution in [0.3, 0.4) is 0 Å². The first-order chi connectivity index (χ1) is 7.91. The van der Waals surface area contributed by atoms with E-state index in [1.165, 1.54) is 0 Å². The van der Waals surface area contributed by atoms with Crippen molar-refractivity contribution in [3.63, 3.8) is 0 Å². The summed E-state index contributed by atoms with van der Waals surface area (Å²) in [5.41, 5.74) is -0.600. The Hall–Kier alpha value is -0.120. The largest absolute Gasteiger partial charge is 0.396 e. The molecule has 1 unspecified atom stereocenters. The Morgan fingerprint density at radius 3 is 2.12 bits per heavy atom. The van der Waals surface area contributed by atoms with Crippen LogP contribution in [-0.4, -0.2) is 47.0 Å². The fourth-order valence-electron chi connectivity index (χ4n) is 4.91. The number of aliphatic hydroxyl groups is 2. The molecular weight excluding hydrogens is 214 g/mol. The van der Waals surface area contributed by atoms with E-state index in [-0.39, 0.29) is 17.4 Å². The lowest BCUT2D eigenvalue weighted by Crippen LogP contribution is -2.71. The van der Waals surface area contributed by atoms with Crippen LogP contribution >= 0.6 is 0 Å². The molecular formula is C14H25NO2. The van der Waals surface area contributed by atoms with Gasteiger partial charge in [0, 0.05) is 12.0 Å². The zero-order valence-corrected chi connectivity index (χ0v) is 11.1. The minimum absolute atomic E-state index is 0.154. The fourth-order valence-corrected chi connectivity index (χ4v) is 4.91. The Balaban J connectivity index is 1.88. The minimum atomic E-state index is -0.616. The molecule has 0 radical (unpaired) electrons. The van der Waals surface area contributed by atoms with E-state index in [2.05, 4.69) is 18.7 Å². The summed E-state index contributed by atoms with van der Waals surface area (Å²) in [6.07, 6.45) is 4.02. The Morgan fingerprint density at radius 1 is 1.18 bits per heavy atom. The molecule has 3 heterocycles. The summed E-state index contributed by atoms with van der Waals surface area (Å²) < 4.78 is 0. The highest BCUT2D eigenvalue weighted by atomic mass is 16.3. The molecule has 3 aliphatic heterocycles. The van der Waals surface area contributed by atoms with E-state index in [4.69, 9.17) is 0 Å². The van der Waals surface area contributed by atoms with Gasteiger partial charge in [-0.15, -0.1) is 0 Å². The quantitative estimate of drug-likeness (QED) is 0.762. The third-order valence-electron chi connectivity index (χ3n) is 5.63. The summed E-state index contributed by atoms with van der Waals surface area (Å²) >= 11 is 0. The number of aliphatic hydroxyl groups excluding tert-OH is 1. The lowest BCUT2D eigenvalue weighted by molar-refractivity contribution is -0.253. The van der Waals surface area contributed by atoms with E-state index >= 15 is 0 Å². The monoisotopic (exact) mass is 239 g/mol. The summed E-state index contributed by atoms with van der Waals surface area (Å²) in [5.74, 6) is 0.526. The second-order valence-electron chi connectivity index (χ2n) is 7.41.